The molecule has 0 saturated heterocycles. The van der Waals surface area contributed by atoms with Crippen LogP contribution in [0.2, 0.25) is 0 Å². The van der Waals surface area contributed by atoms with Crippen molar-refractivity contribution in [3.63, 3.8) is 0 Å². The van der Waals surface area contributed by atoms with Gasteiger partial charge in [-0.15, -0.1) is 0 Å². The topological polar surface area (TPSA) is 84.0 Å². The zero-order chi connectivity index (χ0) is 14.6. The molecule has 1 unspecified atom stereocenters. The van der Waals surface area contributed by atoms with Gasteiger partial charge in [0.1, 0.15) is 5.92 Å². The molecular weight excluding hydrogens is 244 g/mol. The van der Waals surface area contributed by atoms with E-state index in [1.165, 1.54) is 18.2 Å². The molecule has 5 heteroatoms. The van der Waals surface area contributed by atoms with E-state index in [1.54, 1.807) is 6.92 Å². The third-order valence-electron chi connectivity index (χ3n) is 2.87. The van der Waals surface area contributed by atoms with Gasteiger partial charge in [-0.1, -0.05) is 26.0 Å². The first-order valence-corrected chi connectivity index (χ1v) is 6.05. The maximum atomic E-state index is 12.2. The number of carbonyl (C=O) groups is 1. The summed E-state index contributed by atoms with van der Waals surface area (Å²) in [7, 11) is 0. The Morgan fingerprint density at radius 1 is 1.47 bits per heavy atom. The van der Waals surface area contributed by atoms with Crippen molar-refractivity contribution in [3.8, 4) is 6.07 Å². The second-order valence-electron chi connectivity index (χ2n) is 4.93. The Hall–Kier alpha value is -2.22. The number of ketones is 1. The van der Waals surface area contributed by atoms with Crippen LogP contribution >= 0.6 is 0 Å². The molecule has 0 bridgehead atoms. The lowest BCUT2D eigenvalue weighted by molar-refractivity contribution is -0.385. The quantitative estimate of drug-likeness (QED) is 0.462. The van der Waals surface area contributed by atoms with Gasteiger partial charge in [-0.2, -0.15) is 5.26 Å². The Bertz CT molecular complexity index is 544. The average Bonchev–Trinajstić information content (AvgIpc) is 2.35. The Morgan fingerprint density at radius 3 is 2.58 bits per heavy atom. The number of nitriles is 1. The lowest BCUT2D eigenvalue weighted by Crippen LogP contribution is -2.15. The molecule has 0 fully saturated rings. The Balaban J connectivity index is 3.09. The number of nitrogens with zero attached hydrogens (tertiary/aromatic N) is 2. The van der Waals surface area contributed by atoms with E-state index < -0.39 is 10.8 Å². The summed E-state index contributed by atoms with van der Waals surface area (Å²) in [5.74, 6) is -0.879. The second-order valence-corrected chi connectivity index (χ2v) is 4.93. The number of nitro benzene ring substituents is 1. The Labute approximate surface area is 112 Å². The number of carbonyl (C=O) groups excluding carboxylic acids is 1. The van der Waals surface area contributed by atoms with Crippen molar-refractivity contribution in [3.05, 3.63) is 39.4 Å². The molecule has 0 amide bonds. The summed E-state index contributed by atoms with van der Waals surface area (Å²) in [5.41, 5.74) is 0.635. The van der Waals surface area contributed by atoms with Gasteiger partial charge in [0, 0.05) is 17.2 Å². The van der Waals surface area contributed by atoms with Crippen molar-refractivity contribution in [1.29, 1.82) is 5.26 Å². The first kappa shape index (κ1) is 14.8. The predicted octanol–water partition coefficient (Wildman–Crippen LogP) is 3.27. The number of rotatable bonds is 5. The zero-order valence-corrected chi connectivity index (χ0v) is 11.2. The van der Waals surface area contributed by atoms with E-state index >= 15 is 0 Å². The number of hydrogen-bond acceptors (Lipinski definition) is 4. The standard InChI is InChI=1S/C14H16N2O3/c1-9(2)6-12(8-15)14(17)11-5-4-10(3)13(7-11)16(18)19/h4-5,7,9,12H,6H2,1-3H3. The van der Waals surface area contributed by atoms with Crippen molar-refractivity contribution < 1.29 is 9.72 Å². The van der Waals surface area contributed by atoms with Crippen LogP contribution in [-0.2, 0) is 0 Å². The summed E-state index contributed by atoms with van der Waals surface area (Å²) < 4.78 is 0. The van der Waals surface area contributed by atoms with Crippen molar-refractivity contribution in [1.82, 2.24) is 0 Å². The number of Topliss-reactive ketones (excluding diaryl/α,β-unsaturated/α-hetero) is 1. The maximum absolute atomic E-state index is 12.2. The van der Waals surface area contributed by atoms with Crippen LogP contribution in [0.15, 0.2) is 18.2 Å². The number of benzene rings is 1. The molecule has 5 nitrogen and oxygen atoms in total. The van der Waals surface area contributed by atoms with E-state index in [1.807, 2.05) is 19.9 Å². The van der Waals surface area contributed by atoms with Crippen LogP contribution in [0, 0.1) is 40.2 Å². The summed E-state index contributed by atoms with van der Waals surface area (Å²) in [5, 5.41) is 19.9. The minimum Gasteiger partial charge on any atom is -0.293 e. The number of nitro groups is 1. The number of aryl methyl sites for hydroxylation is 1. The van der Waals surface area contributed by atoms with Gasteiger partial charge >= 0.3 is 0 Å². The molecule has 19 heavy (non-hydrogen) atoms. The van der Waals surface area contributed by atoms with Crippen molar-refractivity contribution >= 4 is 11.5 Å². The molecule has 0 aliphatic heterocycles. The monoisotopic (exact) mass is 260 g/mol. The van der Waals surface area contributed by atoms with Crippen LogP contribution in [0.4, 0.5) is 5.69 Å². The summed E-state index contributed by atoms with van der Waals surface area (Å²) >= 11 is 0. The summed E-state index contributed by atoms with van der Waals surface area (Å²) in [6, 6.07) is 6.30. The van der Waals surface area contributed by atoms with Gasteiger partial charge in [-0.3, -0.25) is 14.9 Å². The van der Waals surface area contributed by atoms with Crippen molar-refractivity contribution in [2.75, 3.05) is 0 Å². The van der Waals surface area contributed by atoms with Crippen molar-refractivity contribution in [2.45, 2.75) is 27.2 Å². The molecule has 0 N–H and O–H groups in total. The fourth-order valence-corrected chi connectivity index (χ4v) is 1.85. The maximum Gasteiger partial charge on any atom is 0.273 e. The smallest absolute Gasteiger partial charge is 0.273 e. The molecule has 1 rings (SSSR count). The molecule has 0 saturated carbocycles. The van der Waals surface area contributed by atoms with Gasteiger partial charge in [0.05, 0.1) is 11.0 Å². The van der Waals surface area contributed by atoms with E-state index in [2.05, 4.69) is 0 Å². The third kappa shape index (κ3) is 3.62. The molecule has 0 aromatic heterocycles. The lowest BCUT2D eigenvalue weighted by atomic mass is 9.90. The first-order chi connectivity index (χ1) is 8.86. The fraction of sp³-hybridized carbons (Fsp3) is 0.429. The van der Waals surface area contributed by atoms with Gasteiger partial charge in [0.2, 0.25) is 0 Å². The average molecular weight is 260 g/mol. The molecular formula is C14H16N2O3. The fourth-order valence-electron chi connectivity index (χ4n) is 1.85. The van der Waals surface area contributed by atoms with Crippen LogP contribution in [-0.4, -0.2) is 10.7 Å². The minimum atomic E-state index is -0.748. The molecule has 0 aliphatic carbocycles. The SMILES string of the molecule is Cc1ccc(C(=O)C(C#N)CC(C)C)cc1[N+](=O)[O-]. The van der Waals surface area contributed by atoms with Crippen LogP contribution in [0.5, 0.6) is 0 Å². The zero-order valence-electron chi connectivity index (χ0n) is 11.2. The van der Waals surface area contributed by atoms with E-state index in [-0.39, 0.29) is 23.0 Å². The van der Waals surface area contributed by atoms with Crippen LogP contribution in [0.1, 0.15) is 36.2 Å². The Kier molecular flexibility index (Phi) is 4.76. The molecule has 0 spiro atoms. The van der Waals surface area contributed by atoms with Gasteiger partial charge in [-0.25, -0.2) is 0 Å². The highest BCUT2D eigenvalue weighted by Crippen LogP contribution is 2.23. The van der Waals surface area contributed by atoms with E-state index in [0.717, 1.165) is 0 Å². The molecule has 0 radical (unpaired) electrons. The van der Waals surface area contributed by atoms with Gasteiger partial charge in [0.25, 0.3) is 5.69 Å². The molecule has 100 valence electrons. The van der Waals surface area contributed by atoms with Crippen LogP contribution in [0.3, 0.4) is 0 Å². The molecule has 0 aliphatic rings. The van der Waals surface area contributed by atoms with E-state index in [4.69, 9.17) is 5.26 Å². The van der Waals surface area contributed by atoms with Gasteiger partial charge in [-0.05, 0) is 19.3 Å². The van der Waals surface area contributed by atoms with Crippen molar-refractivity contribution in [2.24, 2.45) is 11.8 Å². The highest BCUT2D eigenvalue weighted by molar-refractivity contribution is 6.00. The van der Waals surface area contributed by atoms with E-state index in [9.17, 15) is 14.9 Å². The lowest BCUT2D eigenvalue weighted by Gasteiger charge is -2.10. The third-order valence-corrected chi connectivity index (χ3v) is 2.87. The van der Waals surface area contributed by atoms with Crippen LogP contribution < -0.4 is 0 Å². The Morgan fingerprint density at radius 2 is 2.11 bits per heavy atom. The highest BCUT2D eigenvalue weighted by atomic mass is 16.6. The molecule has 1 atom stereocenters. The molecule has 1 aromatic rings. The summed E-state index contributed by atoms with van der Waals surface area (Å²) in [6.07, 6.45) is 0.455. The largest absolute Gasteiger partial charge is 0.293 e. The molecule has 0 heterocycles. The van der Waals surface area contributed by atoms with Gasteiger partial charge < -0.3 is 0 Å². The van der Waals surface area contributed by atoms with E-state index in [0.29, 0.717) is 12.0 Å². The summed E-state index contributed by atoms with van der Waals surface area (Å²) in [4.78, 5) is 22.5. The highest BCUT2D eigenvalue weighted by Gasteiger charge is 2.23. The number of hydrogen-bond donors (Lipinski definition) is 0. The second kappa shape index (κ2) is 6.10. The summed E-state index contributed by atoms with van der Waals surface area (Å²) in [6.45, 7) is 5.46. The minimum absolute atomic E-state index is 0.0907. The normalized spacial score (nSPS) is 11.9. The van der Waals surface area contributed by atoms with Crippen LogP contribution in [0.25, 0.3) is 0 Å². The van der Waals surface area contributed by atoms with Gasteiger partial charge in [0.15, 0.2) is 5.78 Å². The molecule has 1 aromatic carbocycles. The first-order valence-electron chi connectivity index (χ1n) is 6.05. The predicted molar refractivity (Wildman–Crippen MR) is 70.7 cm³/mol.